The van der Waals surface area contributed by atoms with Gasteiger partial charge in [0.25, 0.3) is 10.2 Å². The first-order valence-electron chi connectivity index (χ1n) is 11.1. The summed E-state index contributed by atoms with van der Waals surface area (Å²) in [6.45, 7) is 5.39. The number of hydrogen-bond donors (Lipinski definition) is 1. The molecule has 9 heteroatoms. The van der Waals surface area contributed by atoms with Gasteiger partial charge in [0, 0.05) is 25.6 Å². The summed E-state index contributed by atoms with van der Waals surface area (Å²) >= 11 is 0. The number of nitrogens with zero attached hydrogens (tertiary/aromatic N) is 3. The van der Waals surface area contributed by atoms with Crippen molar-refractivity contribution in [3.8, 4) is 11.3 Å². The molecule has 0 amide bonds. The van der Waals surface area contributed by atoms with Crippen molar-refractivity contribution in [2.75, 3.05) is 20.1 Å². The molecular formula is C23H28F2N4O2S. The van der Waals surface area contributed by atoms with E-state index in [9.17, 15) is 17.2 Å². The van der Waals surface area contributed by atoms with Crippen molar-refractivity contribution >= 4 is 10.2 Å². The lowest BCUT2D eigenvalue weighted by molar-refractivity contribution is 0.0828. The van der Waals surface area contributed by atoms with Gasteiger partial charge in [-0.2, -0.15) is 22.9 Å². The normalized spacial score (nSPS) is 29.3. The lowest BCUT2D eigenvalue weighted by Crippen LogP contribution is -2.53. The molecule has 6 nitrogen and oxygen atoms in total. The summed E-state index contributed by atoms with van der Waals surface area (Å²) in [5.41, 5.74) is 1.47. The smallest absolute Gasteiger partial charge is 0.206 e. The van der Waals surface area contributed by atoms with E-state index in [1.165, 1.54) is 29.6 Å². The average molecular weight is 463 g/mol. The zero-order valence-corrected chi connectivity index (χ0v) is 19.3. The molecule has 2 bridgehead atoms. The Morgan fingerprint density at radius 2 is 1.88 bits per heavy atom. The van der Waals surface area contributed by atoms with Crippen molar-refractivity contribution in [2.24, 2.45) is 11.3 Å². The molecular weight excluding hydrogens is 434 g/mol. The Bertz CT molecular complexity index is 1170. The van der Waals surface area contributed by atoms with E-state index in [0.717, 1.165) is 36.9 Å². The molecule has 3 aliphatic rings. The number of benzene rings is 1. The second-order valence-electron chi connectivity index (χ2n) is 9.82. The van der Waals surface area contributed by atoms with Crippen LogP contribution >= 0.6 is 0 Å². The predicted octanol–water partition coefficient (Wildman–Crippen LogP) is 3.75. The van der Waals surface area contributed by atoms with Gasteiger partial charge in [-0.05, 0) is 66.7 Å². The lowest BCUT2D eigenvalue weighted by atomic mass is 9.59. The van der Waals surface area contributed by atoms with Crippen LogP contribution in [0.2, 0.25) is 0 Å². The van der Waals surface area contributed by atoms with E-state index in [1.54, 1.807) is 0 Å². The largest absolute Gasteiger partial charge is 0.279 e. The first kappa shape index (κ1) is 21.9. The molecule has 1 saturated carbocycles. The van der Waals surface area contributed by atoms with E-state index in [0.29, 0.717) is 13.1 Å². The Morgan fingerprint density at radius 3 is 2.56 bits per heavy atom. The van der Waals surface area contributed by atoms with E-state index in [4.69, 9.17) is 0 Å². The van der Waals surface area contributed by atoms with E-state index in [1.807, 2.05) is 6.07 Å². The van der Waals surface area contributed by atoms with Gasteiger partial charge in [-0.15, -0.1) is 0 Å². The SMILES string of the molecule is CNS(=O)(=O)N1CCCC(C23CCC(c4cc(-c5c(F)cccc5F)nnc42)C3(C)C)C1. The van der Waals surface area contributed by atoms with Crippen molar-refractivity contribution in [1.82, 2.24) is 19.2 Å². The summed E-state index contributed by atoms with van der Waals surface area (Å²) in [6.07, 6.45) is 3.56. The molecule has 1 aromatic heterocycles. The van der Waals surface area contributed by atoms with Gasteiger partial charge in [0.2, 0.25) is 0 Å². The monoisotopic (exact) mass is 462 g/mol. The van der Waals surface area contributed by atoms with Crippen LogP contribution < -0.4 is 4.72 Å². The molecule has 3 unspecified atom stereocenters. The number of halogens is 2. The van der Waals surface area contributed by atoms with Crippen LogP contribution in [0, 0.1) is 23.0 Å². The van der Waals surface area contributed by atoms with Crippen LogP contribution in [0.4, 0.5) is 8.78 Å². The zero-order chi connectivity index (χ0) is 22.9. The second-order valence-corrected chi connectivity index (χ2v) is 11.7. The quantitative estimate of drug-likeness (QED) is 0.751. The van der Waals surface area contributed by atoms with Gasteiger partial charge in [-0.3, -0.25) is 0 Å². The summed E-state index contributed by atoms with van der Waals surface area (Å²) in [5, 5.41) is 8.86. The third-order valence-electron chi connectivity index (χ3n) is 8.37. The summed E-state index contributed by atoms with van der Waals surface area (Å²) in [4.78, 5) is 0. The molecule has 2 aliphatic carbocycles. The fourth-order valence-corrected chi connectivity index (χ4v) is 7.84. The summed E-state index contributed by atoms with van der Waals surface area (Å²) in [5.74, 6) is -1.02. The Kier molecular flexibility index (Phi) is 4.96. The fraction of sp³-hybridized carbons (Fsp3) is 0.565. The highest BCUT2D eigenvalue weighted by molar-refractivity contribution is 7.87. The summed E-state index contributed by atoms with van der Waals surface area (Å²) in [6, 6.07) is 5.60. The molecule has 5 rings (SSSR count). The number of rotatable bonds is 4. The third kappa shape index (κ3) is 2.83. The first-order valence-corrected chi connectivity index (χ1v) is 12.6. The molecule has 2 heterocycles. The van der Waals surface area contributed by atoms with Gasteiger partial charge in [0.05, 0.1) is 17.0 Å². The van der Waals surface area contributed by atoms with E-state index in [-0.39, 0.29) is 33.9 Å². The van der Waals surface area contributed by atoms with Gasteiger partial charge in [-0.1, -0.05) is 19.9 Å². The van der Waals surface area contributed by atoms with Gasteiger partial charge < -0.3 is 0 Å². The van der Waals surface area contributed by atoms with E-state index >= 15 is 0 Å². The second kappa shape index (κ2) is 7.27. The van der Waals surface area contributed by atoms with Crippen molar-refractivity contribution < 1.29 is 17.2 Å². The highest BCUT2D eigenvalue weighted by atomic mass is 32.2. The highest BCUT2D eigenvalue weighted by Gasteiger charge is 2.66. The third-order valence-corrected chi connectivity index (χ3v) is 9.89. The Balaban J connectivity index is 1.60. The minimum Gasteiger partial charge on any atom is -0.206 e. The molecule has 32 heavy (non-hydrogen) atoms. The van der Waals surface area contributed by atoms with Crippen LogP contribution in [-0.4, -0.2) is 43.1 Å². The minimum atomic E-state index is -3.51. The number of hydrogen-bond acceptors (Lipinski definition) is 4. The molecule has 1 aliphatic heterocycles. The highest BCUT2D eigenvalue weighted by Crippen LogP contribution is 2.70. The average Bonchev–Trinajstić information content (AvgIpc) is 3.15. The van der Waals surface area contributed by atoms with Crippen LogP contribution in [-0.2, 0) is 15.6 Å². The maximum Gasteiger partial charge on any atom is 0.279 e. The van der Waals surface area contributed by atoms with E-state index < -0.39 is 21.8 Å². The molecule has 1 N–H and O–H groups in total. The zero-order valence-electron chi connectivity index (χ0n) is 18.5. The van der Waals surface area contributed by atoms with Gasteiger partial charge in [-0.25, -0.2) is 13.5 Å². The van der Waals surface area contributed by atoms with Crippen molar-refractivity contribution in [1.29, 1.82) is 0 Å². The van der Waals surface area contributed by atoms with Crippen LogP contribution in [0.3, 0.4) is 0 Å². The maximum absolute atomic E-state index is 14.4. The van der Waals surface area contributed by atoms with Crippen LogP contribution in [0.5, 0.6) is 0 Å². The Morgan fingerprint density at radius 1 is 1.16 bits per heavy atom. The minimum absolute atomic E-state index is 0.103. The number of fused-ring (bicyclic) bond motifs is 5. The van der Waals surface area contributed by atoms with Crippen LogP contribution in [0.1, 0.15) is 56.7 Å². The molecule has 1 saturated heterocycles. The number of piperidine rings is 1. The molecule has 172 valence electrons. The molecule has 0 radical (unpaired) electrons. The van der Waals surface area contributed by atoms with Crippen molar-refractivity contribution in [3.05, 3.63) is 47.2 Å². The standard InChI is InChI=1S/C23H28F2N4O2S/c1-22(2)16-9-10-23(22,14-6-5-11-29(13-14)32(30,31)26-3)21-15(16)12-19(27-28-21)20-17(24)7-4-8-18(20)25/h4,7-8,12,14,16,26H,5-6,9-11,13H2,1-3H3. The molecule has 2 fully saturated rings. The maximum atomic E-state index is 14.4. The number of nitrogens with one attached hydrogen (secondary N) is 1. The first-order chi connectivity index (χ1) is 15.1. The van der Waals surface area contributed by atoms with Gasteiger partial charge in [0.15, 0.2) is 0 Å². The molecule has 1 aromatic carbocycles. The van der Waals surface area contributed by atoms with Crippen molar-refractivity contribution in [2.45, 2.75) is 50.9 Å². The summed E-state index contributed by atoms with van der Waals surface area (Å²) < 4.78 is 57.8. The van der Waals surface area contributed by atoms with E-state index in [2.05, 4.69) is 28.8 Å². The number of aromatic nitrogens is 2. The Hall–Kier alpha value is -1.97. The predicted molar refractivity (Wildman–Crippen MR) is 117 cm³/mol. The lowest BCUT2D eigenvalue weighted by Gasteiger charge is -2.47. The van der Waals surface area contributed by atoms with Crippen molar-refractivity contribution in [3.63, 3.8) is 0 Å². The topological polar surface area (TPSA) is 75.2 Å². The van der Waals surface area contributed by atoms with Crippen LogP contribution in [0.25, 0.3) is 11.3 Å². The van der Waals surface area contributed by atoms with Gasteiger partial charge >= 0.3 is 0 Å². The summed E-state index contributed by atoms with van der Waals surface area (Å²) in [7, 11) is -2.07. The van der Waals surface area contributed by atoms with Crippen LogP contribution in [0.15, 0.2) is 24.3 Å². The molecule has 3 atom stereocenters. The van der Waals surface area contributed by atoms with Gasteiger partial charge in [0.1, 0.15) is 11.6 Å². The Labute approximate surface area is 187 Å². The fourth-order valence-electron chi connectivity index (χ4n) is 6.83. The molecule has 0 spiro atoms. The molecule has 2 aromatic rings.